The summed E-state index contributed by atoms with van der Waals surface area (Å²) in [5.41, 5.74) is 1.13. The molecule has 1 N–H and O–H groups in total. The van der Waals surface area contributed by atoms with Crippen LogP contribution in [0.15, 0.2) is 47.9 Å². The molecule has 2 aromatic heterocycles. The van der Waals surface area contributed by atoms with Crippen LogP contribution in [-0.2, 0) is 7.05 Å². The van der Waals surface area contributed by atoms with Crippen molar-refractivity contribution in [3.8, 4) is 5.75 Å². The number of benzene rings is 1. The zero-order chi connectivity index (χ0) is 19.5. The van der Waals surface area contributed by atoms with Crippen molar-refractivity contribution >= 4 is 29.4 Å². The first-order chi connectivity index (χ1) is 13.6. The summed E-state index contributed by atoms with van der Waals surface area (Å²) in [4.78, 5) is 8.25. The van der Waals surface area contributed by atoms with Gasteiger partial charge in [0.15, 0.2) is 0 Å². The van der Waals surface area contributed by atoms with E-state index in [2.05, 4.69) is 19.8 Å². The molecule has 3 aromatic rings. The van der Waals surface area contributed by atoms with Gasteiger partial charge in [-0.1, -0.05) is 11.6 Å². The van der Waals surface area contributed by atoms with Crippen LogP contribution in [0.2, 0.25) is 5.02 Å². The second-order valence-corrected chi connectivity index (χ2v) is 7.84. The molecule has 28 heavy (non-hydrogen) atoms. The predicted molar refractivity (Wildman–Crippen MR) is 107 cm³/mol. The molecule has 0 radical (unpaired) electrons. The van der Waals surface area contributed by atoms with E-state index in [1.807, 2.05) is 17.8 Å². The number of anilines is 1. The molecule has 146 valence electrons. The van der Waals surface area contributed by atoms with Gasteiger partial charge in [-0.25, -0.2) is 14.4 Å². The molecule has 1 aromatic carbocycles. The molecule has 2 atom stereocenters. The molecule has 0 spiro atoms. The van der Waals surface area contributed by atoms with Gasteiger partial charge in [-0.2, -0.15) is 5.10 Å². The van der Waals surface area contributed by atoms with Crippen molar-refractivity contribution in [2.24, 2.45) is 7.05 Å². The predicted octanol–water partition coefficient (Wildman–Crippen LogP) is 4.84. The van der Waals surface area contributed by atoms with Crippen LogP contribution in [0, 0.1) is 5.82 Å². The van der Waals surface area contributed by atoms with E-state index in [-0.39, 0.29) is 12.0 Å². The molecule has 4 rings (SSSR count). The van der Waals surface area contributed by atoms with E-state index in [1.54, 1.807) is 24.5 Å². The first-order valence-corrected chi connectivity index (χ1v) is 10.1. The Hall–Kier alpha value is -2.32. The van der Waals surface area contributed by atoms with E-state index >= 15 is 0 Å². The summed E-state index contributed by atoms with van der Waals surface area (Å²) in [6.45, 7) is 0. The van der Waals surface area contributed by atoms with Crippen LogP contribution in [0.4, 0.5) is 10.2 Å². The SMILES string of the molecule is Cn1nccc1C1CCC[C@@H]1Oc1cc(F)c(SNc2ccncn2)cc1Cl. The van der Waals surface area contributed by atoms with Gasteiger partial charge in [0.1, 0.15) is 29.8 Å². The van der Waals surface area contributed by atoms with Crippen molar-refractivity contribution in [2.75, 3.05) is 4.72 Å². The van der Waals surface area contributed by atoms with Crippen LogP contribution in [0.25, 0.3) is 0 Å². The van der Waals surface area contributed by atoms with Crippen LogP contribution in [0.5, 0.6) is 5.75 Å². The number of rotatable bonds is 6. The topological polar surface area (TPSA) is 64.9 Å². The number of aryl methyl sites for hydroxylation is 1. The summed E-state index contributed by atoms with van der Waals surface area (Å²) in [7, 11) is 1.92. The molecule has 6 nitrogen and oxygen atoms in total. The largest absolute Gasteiger partial charge is 0.488 e. The fourth-order valence-electron chi connectivity index (χ4n) is 3.45. The second-order valence-electron chi connectivity index (χ2n) is 6.59. The van der Waals surface area contributed by atoms with Gasteiger partial charge in [-0.05, 0) is 49.4 Å². The third-order valence-electron chi connectivity index (χ3n) is 4.80. The third kappa shape index (κ3) is 4.07. The highest BCUT2D eigenvalue weighted by molar-refractivity contribution is 8.00. The third-order valence-corrected chi connectivity index (χ3v) is 5.94. The van der Waals surface area contributed by atoms with Crippen LogP contribution >= 0.6 is 23.5 Å². The molecule has 9 heteroatoms. The Bertz CT molecular complexity index is 955. The number of hydrogen-bond acceptors (Lipinski definition) is 6. The lowest BCUT2D eigenvalue weighted by Crippen LogP contribution is -2.22. The summed E-state index contributed by atoms with van der Waals surface area (Å²) in [5.74, 6) is 0.770. The quantitative estimate of drug-likeness (QED) is 0.577. The molecule has 0 aliphatic heterocycles. The first-order valence-electron chi connectivity index (χ1n) is 8.94. The summed E-state index contributed by atoms with van der Waals surface area (Å²) < 4.78 is 25.6. The lowest BCUT2D eigenvalue weighted by molar-refractivity contribution is 0.186. The highest BCUT2D eigenvalue weighted by atomic mass is 35.5. The van der Waals surface area contributed by atoms with Crippen LogP contribution in [-0.4, -0.2) is 25.9 Å². The number of aromatic nitrogens is 4. The standard InChI is InChI=1S/C19H19ClFN5OS/c1-26-15(5-8-24-26)12-3-2-4-16(12)27-17-10-14(21)18(9-13(17)20)28-25-19-6-7-22-11-23-19/h5-12,16H,2-4H2,1H3,(H,22,23,25)/t12?,16-/m0/s1. The van der Waals surface area contributed by atoms with Gasteiger partial charge in [-0.15, -0.1) is 0 Å². The van der Waals surface area contributed by atoms with Gasteiger partial charge in [0, 0.05) is 37.1 Å². The van der Waals surface area contributed by atoms with E-state index in [1.165, 1.54) is 12.4 Å². The minimum absolute atomic E-state index is 0.0510. The van der Waals surface area contributed by atoms with Crippen molar-refractivity contribution in [2.45, 2.75) is 36.2 Å². The molecular formula is C19H19ClFN5OS. The maximum Gasteiger partial charge on any atom is 0.142 e. The van der Waals surface area contributed by atoms with Gasteiger partial charge < -0.3 is 9.46 Å². The monoisotopic (exact) mass is 419 g/mol. The van der Waals surface area contributed by atoms with Crippen molar-refractivity contribution < 1.29 is 9.13 Å². The molecule has 1 unspecified atom stereocenters. The van der Waals surface area contributed by atoms with Crippen molar-refractivity contribution in [3.63, 3.8) is 0 Å². The first kappa shape index (κ1) is 19.0. The van der Waals surface area contributed by atoms with E-state index in [0.29, 0.717) is 21.5 Å². The molecule has 0 amide bonds. The molecule has 1 aliphatic rings. The van der Waals surface area contributed by atoms with Crippen LogP contribution in [0.1, 0.15) is 30.9 Å². The molecule has 0 bridgehead atoms. The van der Waals surface area contributed by atoms with Gasteiger partial charge in [0.05, 0.1) is 9.92 Å². The molecular weight excluding hydrogens is 401 g/mol. The van der Waals surface area contributed by atoms with Gasteiger partial charge in [0.2, 0.25) is 0 Å². The lowest BCUT2D eigenvalue weighted by Gasteiger charge is -2.22. The van der Waals surface area contributed by atoms with Gasteiger partial charge in [-0.3, -0.25) is 4.68 Å². The average molecular weight is 420 g/mol. The van der Waals surface area contributed by atoms with Crippen LogP contribution in [0.3, 0.4) is 0 Å². The maximum absolute atomic E-state index is 14.6. The van der Waals surface area contributed by atoms with E-state index in [4.69, 9.17) is 16.3 Å². The Morgan fingerprint density at radius 1 is 1.29 bits per heavy atom. The Morgan fingerprint density at radius 2 is 2.18 bits per heavy atom. The second kappa shape index (κ2) is 8.36. The average Bonchev–Trinajstić information content (AvgIpc) is 3.32. The summed E-state index contributed by atoms with van der Waals surface area (Å²) in [6.07, 6.45) is 7.73. The van der Waals surface area contributed by atoms with Crippen LogP contribution < -0.4 is 9.46 Å². The van der Waals surface area contributed by atoms with E-state index in [0.717, 1.165) is 36.9 Å². The Kier molecular flexibility index (Phi) is 5.68. The molecule has 0 saturated heterocycles. The summed E-state index contributed by atoms with van der Waals surface area (Å²) in [6, 6.07) is 6.62. The zero-order valence-electron chi connectivity index (χ0n) is 15.2. The van der Waals surface area contributed by atoms with Gasteiger partial charge >= 0.3 is 0 Å². The zero-order valence-corrected chi connectivity index (χ0v) is 16.8. The van der Waals surface area contributed by atoms with E-state index < -0.39 is 5.82 Å². The Balaban J connectivity index is 1.48. The van der Waals surface area contributed by atoms with Crippen molar-refractivity contribution in [1.29, 1.82) is 0 Å². The molecule has 1 fully saturated rings. The summed E-state index contributed by atoms with van der Waals surface area (Å²) >= 11 is 7.49. The van der Waals surface area contributed by atoms with E-state index in [9.17, 15) is 4.39 Å². The highest BCUT2D eigenvalue weighted by Gasteiger charge is 2.32. The number of halogens is 2. The molecule has 1 saturated carbocycles. The number of ether oxygens (including phenoxy) is 1. The minimum Gasteiger partial charge on any atom is -0.488 e. The Morgan fingerprint density at radius 3 is 2.93 bits per heavy atom. The smallest absolute Gasteiger partial charge is 0.142 e. The molecule has 2 heterocycles. The Labute approximate surface area is 171 Å². The van der Waals surface area contributed by atoms with Gasteiger partial charge in [0.25, 0.3) is 0 Å². The fraction of sp³-hybridized carbons (Fsp3) is 0.316. The molecule has 1 aliphatic carbocycles. The summed E-state index contributed by atoms with van der Waals surface area (Å²) in [5, 5.41) is 4.63. The number of hydrogen-bond donors (Lipinski definition) is 1. The van der Waals surface area contributed by atoms with Crippen molar-refractivity contribution in [3.05, 3.63) is 59.5 Å². The lowest BCUT2D eigenvalue weighted by atomic mass is 10.0. The maximum atomic E-state index is 14.6. The number of nitrogens with one attached hydrogen (secondary N) is 1. The fourth-order valence-corrected chi connectivity index (χ4v) is 4.39. The minimum atomic E-state index is -0.402. The number of nitrogens with zero attached hydrogens (tertiary/aromatic N) is 4. The normalized spacial score (nSPS) is 19.0. The van der Waals surface area contributed by atoms with Crippen molar-refractivity contribution in [1.82, 2.24) is 19.7 Å². The highest BCUT2D eigenvalue weighted by Crippen LogP contribution is 2.40.